The van der Waals surface area contributed by atoms with E-state index in [4.69, 9.17) is 5.26 Å². The number of hydrogen-bond donors (Lipinski definition) is 1. The summed E-state index contributed by atoms with van der Waals surface area (Å²) >= 11 is 0. The van der Waals surface area contributed by atoms with Gasteiger partial charge >= 0.3 is 0 Å². The Labute approximate surface area is 94.5 Å². The predicted octanol–water partition coefficient (Wildman–Crippen LogP) is 2.44. The van der Waals surface area contributed by atoms with Crippen molar-refractivity contribution in [3.05, 3.63) is 36.0 Å². The molecule has 0 fully saturated rings. The van der Waals surface area contributed by atoms with Crippen LogP contribution in [-0.4, -0.2) is 9.67 Å². The highest BCUT2D eigenvalue weighted by molar-refractivity contribution is 5.83. The number of benzene rings is 1. The first-order valence-electron chi connectivity index (χ1n) is 5.41. The van der Waals surface area contributed by atoms with E-state index in [9.17, 15) is 5.11 Å². The van der Waals surface area contributed by atoms with Crippen LogP contribution in [0.15, 0.2) is 30.5 Å². The number of aliphatic hydroxyl groups excluding tert-OH is 1. The number of hydrogen-bond acceptors (Lipinski definition) is 2. The van der Waals surface area contributed by atoms with Gasteiger partial charge in [0.05, 0.1) is 18.2 Å². The molecule has 82 valence electrons. The van der Waals surface area contributed by atoms with Gasteiger partial charge in [-0.15, -0.1) is 0 Å². The van der Waals surface area contributed by atoms with Gasteiger partial charge in [-0.3, -0.25) is 0 Å². The molecule has 0 atom stereocenters. The van der Waals surface area contributed by atoms with Crippen molar-refractivity contribution in [2.24, 2.45) is 0 Å². The molecule has 1 heterocycles. The summed E-state index contributed by atoms with van der Waals surface area (Å²) in [6, 6.07) is 10.1. The third kappa shape index (κ3) is 1.93. The van der Waals surface area contributed by atoms with Crippen LogP contribution >= 0.6 is 0 Å². The fraction of sp³-hybridized carbons (Fsp3) is 0.308. The van der Waals surface area contributed by atoms with Gasteiger partial charge in [-0.2, -0.15) is 5.26 Å². The molecular weight excluding hydrogens is 200 g/mol. The number of fused-ring (bicyclic) bond motifs is 1. The van der Waals surface area contributed by atoms with E-state index in [-0.39, 0.29) is 6.61 Å². The summed E-state index contributed by atoms with van der Waals surface area (Å²) in [6.45, 7) is 0.883. The Balaban J connectivity index is 2.35. The first kappa shape index (κ1) is 10.7. The number of aryl methyl sites for hydroxylation is 1. The second-order valence-corrected chi connectivity index (χ2v) is 3.78. The molecule has 3 heteroatoms. The van der Waals surface area contributed by atoms with Gasteiger partial charge in [0.1, 0.15) is 0 Å². The van der Waals surface area contributed by atoms with Gasteiger partial charge in [0, 0.05) is 24.7 Å². The van der Waals surface area contributed by atoms with Crippen LogP contribution in [0, 0.1) is 11.3 Å². The van der Waals surface area contributed by atoms with Crippen molar-refractivity contribution in [2.75, 3.05) is 0 Å². The Bertz CT molecular complexity index is 522. The van der Waals surface area contributed by atoms with E-state index in [0.717, 1.165) is 29.4 Å². The van der Waals surface area contributed by atoms with Crippen molar-refractivity contribution in [3.8, 4) is 6.07 Å². The lowest BCUT2D eigenvalue weighted by molar-refractivity contribution is 0.283. The zero-order valence-electron chi connectivity index (χ0n) is 9.06. The maximum Gasteiger partial charge on any atom is 0.0702 e. The summed E-state index contributed by atoms with van der Waals surface area (Å²) in [7, 11) is 0. The van der Waals surface area contributed by atoms with Crippen LogP contribution < -0.4 is 0 Å². The molecule has 2 aromatic rings. The summed E-state index contributed by atoms with van der Waals surface area (Å²) in [6.07, 6.45) is 3.43. The lowest BCUT2D eigenvalue weighted by Gasteiger charge is -2.07. The number of para-hydroxylation sites is 1. The molecule has 0 spiro atoms. The minimum atomic E-state index is 0.0552. The van der Waals surface area contributed by atoms with Crippen LogP contribution in [-0.2, 0) is 13.2 Å². The Morgan fingerprint density at radius 1 is 1.31 bits per heavy atom. The highest BCUT2D eigenvalue weighted by Gasteiger charge is 2.05. The minimum absolute atomic E-state index is 0.0552. The normalized spacial score (nSPS) is 10.5. The number of unbranched alkanes of at least 4 members (excludes halogenated alkanes) is 1. The summed E-state index contributed by atoms with van der Waals surface area (Å²) < 4.78 is 2.11. The SMILES string of the molecule is N#CCCCn1ccc2cccc(CO)c21. The molecule has 0 unspecified atom stereocenters. The smallest absolute Gasteiger partial charge is 0.0702 e. The van der Waals surface area contributed by atoms with Crippen molar-refractivity contribution in [1.29, 1.82) is 5.26 Å². The van der Waals surface area contributed by atoms with Gasteiger partial charge in [-0.05, 0) is 17.9 Å². The molecule has 0 saturated heterocycles. The Hall–Kier alpha value is -1.79. The Kier molecular flexibility index (Phi) is 3.23. The van der Waals surface area contributed by atoms with Gasteiger partial charge in [-0.25, -0.2) is 0 Å². The molecule has 3 nitrogen and oxygen atoms in total. The number of nitrogens with zero attached hydrogens (tertiary/aromatic N) is 2. The molecule has 0 aliphatic rings. The third-order valence-electron chi connectivity index (χ3n) is 2.73. The molecular formula is C13H14N2O. The van der Waals surface area contributed by atoms with Gasteiger partial charge in [0.2, 0.25) is 0 Å². The van der Waals surface area contributed by atoms with Gasteiger partial charge in [-0.1, -0.05) is 18.2 Å². The maximum atomic E-state index is 9.28. The van der Waals surface area contributed by atoms with Gasteiger partial charge in [0.25, 0.3) is 0 Å². The van der Waals surface area contributed by atoms with Crippen LogP contribution in [0.1, 0.15) is 18.4 Å². The quantitative estimate of drug-likeness (QED) is 0.795. The van der Waals surface area contributed by atoms with Crippen LogP contribution in [0.25, 0.3) is 10.9 Å². The zero-order chi connectivity index (χ0) is 11.4. The number of nitriles is 1. The first-order chi connectivity index (χ1) is 7.86. The van der Waals surface area contributed by atoms with Crippen LogP contribution in [0.2, 0.25) is 0 Å². The maximum absolute atomic E-state index is 9.28. The number of aromatic nitrogens is 1. The van der Waals surface area contributed by atoms with Crippen molar-refractivity contribution in [3.63, 3.8) is 0 Å². The highest BCUT2D eigenvalue weighted by atomic mass is 16.3. The molecule has 2 rings (SSSR count). The van der Waals surface area contributed by atoms with E-state index in [0.29, 0.717) is 6.42 Å². The van der Waals surface area contributed by atoms with Gasteiger partial charge < -0.3 is 9.67 Å². The molecule has 0 amide bonds. The van der Waals surface area contributed by atoms with E-state index < -0.39 is 0 Å². The molecule has 1 aromatic carbocycles. The fourth-order valence-electron chi connectivity index (χ4n) is 1.98. The molecule has 1 aromatic heterocycles. The third-order valence-corrected chi connectivity index (χ3v) is 2.73. The topological polar surface area (TPSA) is 49.0 Å². The summed E-state index contributed by atoms with van der Waals surface area (Å²) in [5.41, 5.74) is 2.03. The van der Waals surface area contributed by atoms with Gasteiger partial charge in [0.15, 0.2) is 0 Å². The largest absolute Gasteiger partial charge is 0.392 e. The van der Waals surface area contributed by atoms with Crippen molar-refractivity contribution in [2.45, 2.75) is 26.0 Å². The standard InChI is InChI=1S/C13H14N2O/c14-7-1-2-8-15-9-6-11-4-3-5-12(10-16)13(11)15/h3-6,9,16H,1-2,8,10H2. The first-order valence-corrected chi connectivity index (χ1v) is 5.41. The highest BCUT2D eigenvalue weighted by Crippen LogP contribution is 2.20. The van der Waals surface area contributed by atoms with Crippen LogP contribution in [0.5, 0.6) is 0 Å². The minimum Gasteiger partial charge on any atom is -0.392 e. The second-order valence-electron chi connectivity index (χ2n) is 3.78. The summed E-state index contributed by atoms with van der Waals surface area (Å²) in [4.78, 5) is 0. The lowest BCUT2D eigenvalue weighted by Crippen LogP contribution is -1.98. The molecule has 0 radical (unpaired) electrons. The van der Waals surface area contributed by atoms with Crippen LogP contribution in [0.4, 0.5) is 0 Å². The number of rotatable bonds is 4. The van der Waals surface area contributed by atoms with E-state index in [2.05, 4.69) is 10.6 Å². The molecule has 0 aliphatic carbocycles. The summed E-state index contributed by atoms with van der Waals surface area (Å²) in [5, 5.41) is 18.9. The predicted molar refractivity (Wildman–Crippen MR) is 62.7 cm³/mol. The van der Waals surface area contributed by atoms with E-state index in [1.165, 1.54) is 0 Å². The Morgan fingerprint density at radius 2 is 2.19 bits per heavy atom. The van der Waals surface area contributed by atoms with Crippen LogP contribution in [0.3, 0.4) is 0 Å². The molecule has 16 heavy (non-hydrogen) atoms. The molecule has 0 aliphatic heterocycles. The molecule has 0 saturated carbocycles. The van der Waals surface area contributed by atoms with E-state index >= 15 is 0 Å². The fourth-order valence-corrected chi connectivity index (χ4v) is 1.98. The summed E-state index contributed by atoms with van der Waals surface area (Å²) in [5.74, 6) is 0. The van der Waals surface area contributed by atoms with E-state index in [1.54, 1.807) is 0 Å². The number of aliphatic hydroxyl groups is 1. The molecule has 0 bridgehead atoms. The Morgan fingerprint density at radius 3 is 2.94 bits per heavy atom. The van der Waals surface area contributed by atoms with E-state index in [1.807, 2.05) is 30.5 Å². The molecule has 1 N–H and O–H groups in total. The monoisotopic (exact) mass is 214 g/mol. The van der Waals surface area contributed by atoms with Crippen molar-refractivity contribution in [1.82, 2.24) is 4.57 Å². The zero-order valence-corrected chi connectivity index (χ0v) is 9.06. The second kappa shape index (κ2) is 4.82. The average Bonchev–Trinajstić information content (AvgIpc) is 2.73. The average molecular weight is 214 g/mol. The van der Waals surface area contributed by atoms with Crippen molar-refractivity contribution >= 4 is 10.9 Å². The van der Waals surface area contributed by atoms with Crippen molar-refractivity contribution < 1.29 is 5.11 Å². The lowest BCUT2D eigenvalue weighted by atomic mass is 10.1.